The Balaban J connectivity index is 2.05. The van der Waals surface area contributed by atoms with Crippen LogP contribution in [0.15, 0.2) is 16.7 Å². The van der Waals surface area contributed by atoms with Gasteiger partial charge in [-0.2, -0.15) is 0 Å². The molecule has 0 bridgehead atoms. The number of furan rings is 1. The van der Waals surface area contributed by atoms with Crippen LogP contribution in [0.25, 0.3) is 0 Å². The second kappa shape index (κ2) is 4.50. The highest BCUT2D eigenvalue weighted by Crippen LogP contribution is 2.20. The number of hydrogen-bond donors (Lipinski definition) is 1. The summed E-state index contributed by atoms with van der Waals surface area (Å²) in [6.45, 7) is 6.93. The molecule has 0 amide bonds. The monoisotopic (exact) mass is 239 g/mol. The minimum absolute atomic E-state index is 0.0364. The van der Waals surface area contributed by atoms with Gasteiger partial charge >= 0.3 is 5.97 Å². The van der Waals surface area contributed by atoms with Gasteiger partial charge in [-0.3, -0.25) is 4.90 Å². The van der Waals surface area contributed by atoms with Crippen molar-refractivity contribution in [1.29, 1.82) is 0 Å². The molecule has 94 valence electrons. The minimum atomic E-state index is -1.02. The Morgan fingerprint density at radius 1 is 1.59 bits per heavy atom. The average molecular weight is 239 g/mol. The molecule has 0 radical (unpaired) electrons. The molecule has 0 spiro atoms. The molecule has 1 aromatic heterocycles. The Morgan fingerprint density at radius 3 is 3.00 bits per heavy atom. The van der Waals surface area contributed by atoms with E-state index in [4.69, 9.17) is 14.3 Å². The van der Waals surface area contributed by atoms with E-state index in [1.165, 1.54) is 6.26 Å². The molecule has 1 aliphatic rings. The lowest BCUT2D eigenvalue weighted by Crippen LogP contribution is -2.47. The smallest absolute Gasteiger partial charge is 0.372 e. The summed E-state index contributed by atoms with van der Waals surface area (Å²) in [5.74, 6) is -0.980. The molecule has 1 aliphatic heterocycles. The first-order valence-electron chi connectivity index (χ1n) is 5.64. The highest BCUT2D eigenvalue weighted by molar-refractivity contribution is 5.86. The lowest BCUT2D eigenvalue weighted by molar-refractivity contribution is -0.0883. The van der Waals surface area contributed by atoms with E-state index in [1.807, 2.05) is 13.8 Å². The van der Waals surface area contributed by atoms with Gasteiger partial charge in [0.05, 0.1) is 18.5 Å². The number of carboxylic acids is 1. The van der Waals surface area contributed by atoms with Crippen LogP contribution in [0.5, 0.6) is 0 Å². The van der Waals surface area contributed by atoms with Crippen LogP contribution in [-0.4, -0.2) is 41.3 Å². The first-order valence-corrected chi connectivity index (χ1v) is 5.64. The molecular formula is C12H17NO4. The summed E-state index contributed by atoms with van der Waals surface area (Å²) in [4.78, 5) is 13.1. The molecule has 1 fully saturated rings. The van der Waals surface area contributed by atoms with Gasteiger partial charge in [-0.15, -0.1) is 0 Å². The van der Waals surface area contributed by atoms with Crippen molar-refractivity contribution >= 4 is 5.97 Å². The number of morpholine rings is 1. The Labute approximate surface area is 100.0 Å². The van der Waals surface area contributed by atoms with Crippen LogP contribution >= 0.6 is 0 Å². The molecule has 1 N–H and O–H groups in total. The van der Waals surface area contributed by atoms with Crippen molar-refractivity contribution in [2.45, 2.75) is 26.0 Å². The summed E-state index contributed by atoms with van der Waals surface area (Å²) in [6, 6.07) is 1.71. The largest absolute Gasteiger partial charge is 0.475 e. The van der Waals surface area contributed by atoms with E-state index in [0.29, 0.717) is 13.2 Å². The van der Waals surface area contributed by atoms with E-state index in [2.05, 4.69) is 4.90 Å². The molecule has 0 atom stereocenters. The van der Waals surface area contributed by atoms with Gasteiger partial charge in [-0.1, -0.05) is 0 Å². The Bertz CT molecular complexity index is 410. The fourth-order valence-corrected chi connectivity index (χ4v) is 2.14. The molecule has 2 rings (SSSR count). The average Bonchev–Trinajstić information content (AvgIpc) is 2.64. The molecule has 0 unspecified atom stereocenters. The van der Waals surface area contributed by atoms with Crippen LogP contribution < -0.4 is 0 Å². The van der Waals surface area contributed by atoms with Gasteiger partial charge in [0.25, 0.3) is 0 Å². The van der Waals surface area contributed by atoms with Crippen LogP contribution in [0.2, 0.25) is 0 Å². The summed E-state index contributed by atoms with van der Waals surface area (Å²) in [7, 11) is 0. The molecule has 5 nitrogen and oxygen atoms in total. The third-order valence-corrected chi connectivity index (χ3v) is 2.84. The lowest BCUT2D eigenvalue weighted by atomic mass is 10.1. The summed E-state index contributed by atoms with van der Waals surface area (Å²) in [6.07, 6.45) is 1.42. The predicted octanol–water partition coefficient (Wildman–Crippen LogP) is 1.59. The normalized spacial score (nSPS) is 20.4. The third kappa shape index (κ3) is 2.87. The second-order valence-corrected chi connectivity index (χ2v) is 4.90. The molecule has 0 saturated carbocycles. The van der Waals surface area contributed by atoms with Gasteiger partial charge in [-0.25, -0.2) is 4.79 Å². The summed E-state index contributed by atoms with van der Waals surface area (Å²) in [5.41, 5.74) is 0.543. The third-order valence-electron chi connectivity index (χ3n) is 2.84. The molecular weight excluding hydrogens is 222 g/mol. The lowest BCUT2D eigenvalue weighted by Gasteiger charge is -2.38. The topological polar surface area (TPSA) is 62.9 Å². The van der Waals surface area contributed by atoms with E-state index in [1.54, 1.807) is 6.07 Å². The molecule has 0 aliphatic carbocycles. The van der Waals surface area contributed by atoms with Gasteiger partial charge in [0, 0.05) is 25.2 Å². The number of nitrogens with zero attached hydrogens (tertiary/aromatic N) is 1. The fourth-order valence-electron chi connectivity index (χ4n) is 2.14. The number of hydrogen-bond acceptors (Lipinski definition) is 4. The SMILES string of the molecule is CC1(C)CN(Cc2ccoc2C(=O)O)CCO1. The Hall–Kier alpha value is -1.33. The maximum absolute atomic E-state index is 10.9. The van der Waals surface area contributed by atoms with Crippen molar-refractivity contribution in [3.63, 3.8) is 0 Å². The van der Waals surface area contributed by atoms with E-state index in [-0.39, 0.29) is 11.4 Å². The zero-order valence-corrected chi connectivity index (χ0v) is 10.1. The maximum Gasteiger partial charge on any atom is 0.372 e. The van der Waals surface area contributed by atoms with Crippen molar-refractivity contribution in [3.05, 3.63) is 23.7 Å². The van der Waals surface area contributed by atoms with Crippen molar-refractivity contribution in [3.8, 4) is 0 Å². The first kappa shape index (κ1) is 12.1. The fraction of sp³-hybridized carbons (Fsp3) is 0.583. The molecule has 1 saturated heterocycles. The Kier molecular flexibility index (Phi) is 3.22. The molecule has 2 heterocycles. The van der Waals surface area contributed by atoms with Gasteiger partial charge in [-0.05, 0) is 19.9 Å². The summed E-state index contributed by atoms with van der Waals surface area (Å²) in [5, 5.41) is 8.95. The van der Waals surface area contributed by atoms with E-state index >= 15 is 0 Å². The highest BCUT2D eigenvalue weighted by atomic mass is 16.5. The van der Waals surface area contributed by atoms with E-state index in [9.17, 15) is 4.79 Å². The van der Waals surface area contributed by atoms with Crippen LogP contribution in [0.4, 0.5) is 0 Å². The highest BCUT2D eigenvalue weighted by Gasteiger charge is 2.28. The van der Waals surface area contributed by atoms with E-state index in [0.717, 1.165) is 18.7 Å². The van der Waals surface area contributed by atoms with Crippen molar-refractivity contribution < 1.29 is 19.1 Å². The van der Waals surface area contributed by atoms with Gasteiger partial charge < -0.3 is 14.3 Å². The second-order valence-electron chi connectivity index (χ2n) is 4.90. The summed E-state index contributed by atoms with van der Waals surface area (Å²) >= 11 is 0. The first-order chi connectivity index (χ1) is 7.98. The molecule has 0 aromatic carbocycles. The zero-order valence-electron chi connectivity index (χ0n) is 10.1. The molecule has 5 heteroatoms. The van der Waals surface area contributed by atoms with Gasteiger partial charge in [0.2, 0.25) is 5.76 Å². The molecule has 17 heavy (non-hydrogen) atoms. The van der Waals surface area contributed by atoms with Crippen LogP contribution in [0, 0.1) is 0 Å². The van der Waals surface area contributed by atoms with Crippen LogP contribution in [-0.2, 0) is 11.3 Å². The molecule has 1 aromatic rings. The standard InChI is InChI=1S/C12H17NO4/c1-12(2)8-13(4-6-17-12)7-9-3-5-16-10(9)11(14)15/h3,5H,4,6-8H2,1-2H3,(H,14,15). The number of ether oxygens (including phenoxy) is 1. The number of carbonyl (C=O) groups is 1. The Morgan fingerprint density at radius 2 is 2.35 bits per heavy atom. The number of aromatic carboxylic acids is 1. The minimum Gasteiger partial charge on any atom is -0.475 e. The van der Waals surface area contributed by atoms with E-state index < -0.39 is 5.97 Å². The predicted molar refractivity (Wildman–Crippen MR) is 61.0 cm³/mol. The number of carboxylic acid groups (broad SMARTS) is 1. The van der Waals surface area contributed by atoms with Crippen molar-refractivity contribution in [2.24, 2.45) is 0 Å². The van der Waals surface area contributed by atoms with Crippen molar-refractivity contribution in [2.75, 3.05) is 19.7 Å². The van der Waals surface area contributed by atoms with Gasteiger partial charge in [0.15, 0.2) is 0 Å². The number of rotatable bonds is 3. The quantitative estimate of drug-likeness (QED) is 0.867. The van der Waals surface area contributed by atoms with Gasteiger partial charge in [0.1, 0.15) is 0 Å². The van der Waals surface area contributed by atoms with Crippen LogP contribution in [0.1, 0.15) is 30.0 Å². The zero-order chi connectivity index (χ0) is 12.5. The van der Waals surface area contributed by atoms with Crippen LogP contribution in [0.3, 0.4) is 0 Å². The summed E-state index contributed by atoms with van der Waals surface area (Å²) < 4.78 is 10.6. The maximum atomic E-state index is 10.9. The van der Waals surface area contributed by atoms with Crippen molar-refractivity contribution in [1.82, 2.24) is 4.90 Å².